The molecule has 2 rings (SSSR count). The van der Waals surface area contributed by atoms with Crippen LogP contribution in [0.25, 0.3) is 0 Å². The molecule has 0 radical (unpaired) electrons. The lowest BCUT2D eigenvalue weighted by Gasteiger charge is -1.99. The number of aromatic nitrogens is 1. The van der Waals surface area contributed by atoms with Crippen molar-refractivity contribution in [2.75, 3.05) is 0 Å². The standard InChI is InChI=1S/C7H9FN2O/c8-3-6-10-5(4-11-6)7(9)1-2-7/h4H,1-3,9H2. The molecule has 0 saturated heterocycles. The van der Waals surface area contributed by atoms with Crippen LogP contribution in [0.3, 0.4) is 0 Å². The second-order valence-corrected chi connectivity index (χ2v) is 2.92. The number of hydrogen-bond donors (Lipinski definition) is 1. The fraction of sp³-hybridized carbons (Fsp3) is 0.571. The SMILES string of the molecule is NC1(c2coc(CF)n2)CC1. The van der Waals surface area contributed by atoms with E-state index < -0.39 is 6.67 Å². The molecule has 1 aliphatic carbocycles. The molecule has 11 heavy (non-hydrogen) atoms. The van der Waals surface area contributed by atoms with Crippen molar-refractivity contribution in [1.82, 2.24) is 4.98 Å². The van der Waals surface area contributed by atoms with Crippen LogP contribution in [0.5, 0.6) is 0 Å². The maximum absolute atomic E-state index is 12.0. The minimum Gasteiger partial charge on any atom is -0.446 e. The van der Waals surface area contributed by atoms with Gasteiger partial charge in [0.25, 0.3) is 0 Å². The second-order valence-electron chi connectivity index (χ2n) is 2.92. The highest BCUT2D eigenvalue weighted by molar-refractivity contribution is 5.18. The van der Waals surface area contributed by atoms with E-state index in [1.807, 2.05) is 0 Å². The Hall–Kier alpha value is -0.900. The molecule has 1 aromatic heterocycles. The molecule has 0 bridgehead atoms. The fourth-order valence-electron chi connectivity index (χ4n) is 0.992. The molecule has 4 heteroatoms. The Morgan fingerprint density at radius 1 is 1.73 bits per heavy atom. The van der Waals surface area contributed by atoms with E-state index in [-0.39, 0.29) is 11.4 Å². The zero-order valence-electron chi connectivity index (χ0n) is 6.01. The summed E-state index contributed by atoms with van der Waals surface area (Å²) in [4.78, 5) is 3.90. The summed E-state index contributed by atoms with van der Waals surface area (Å²) in [5, 5.41) is 0. The number of alkyl halides is 1. The van der Waals surface area contributed by atoms with Gasteiger partial charge in [0.15, 0.2) is 6.67 Å². The Morgan fingerprint density at radius 3 is 2.91 bits per heavy atom. The zero-order valence-corrected chi connectivity index (χ0v) is 6.01. The average molecular weight is 156 g/mol. The van der Waals surface area contributed by atoms with Gasteiger partial charge < -0.3 is 10.2 Å². The van der Waals surface area contributed by atoms with E-state index in [1.54, 1.807) is 0 Å². The highest BCUT2D eigenvalue weighted by atomic mass is 19.1. The van der Waals surface area contributed by atoms with Gasteiger partial charge in [-0.2, -0.15) is 0 Å². The fourth-order valence-corrected chi connectivity index (χ4v) is 0.992. The number of oxazole rings is 1. The van der Waals surface area contributed by atoms with Gasteiger partial charge >= 0.3 is 0 Å². The van der Waals surface area contributed by atoms with Gasteiger partial charge in [0.1, 0.15) is 6.26 Å². The van der Waals surface area contributed by atoms with E-state index >= 15 is 0 Å². The molecular weight excluding hydrogens is 147 g/mol. The zero-order chi connectivity index (χ0) is 7.90. The lowest BCUT2D eigenvalue weighted by atomic mass is 10.2. The highest BCUT2D eigenvalue weighted by Gasteiger charge is 2.42. The molecule has 1 saturated carbocycles. The van der Waals surface area contributed by atoms with Crippen LogP contribution in [-0.2, 0) is 12.2 Å². The first-order valence-electron chi connectivity index (χ1n) is 3.54. The molecule has 1 fully saturated rings. The largest absolute Gasteiger partial charge is 0.446 e. The number of rotatable bonds is 2. The van der Waals surface area contributed by atoms with E-state index in [4.69, 9.17) is 10.2 Å². The van der Waals surface area contributed by atoms with E-state index in [0.717, 1.165) is 12.8 Å². The van der Waals surface area contributed by atoms with Gasteiger partial charge in [0, 0.05) is 0 Å². The topological polar surface area (TPSA) is 52.0 Å². The number of nitrogens with two attached hydrogens (primary N) is 1. The first-order chi connectivity index (χ1) is 5.24. The van der Waals surface area contributed by atoms with Gasteiger partial charge in [-0.1, -0.05) is 0 Å². The van der Waals surface area contributed by atoms with Gasteiger partial charge in [-0.25, -0.2) is 9.37 Å². The normalized spacial score (nSPS) is 20.2. The first kappa shape index (κ1) is 6.79. The summed E-state index contributed by atoms with van der Waals surface area (Å²) in [7, 11) is 0. The number of halogens is 1. The Bertz CT molecular complexity index is 267. The molecule has 0 spiro atoms. The van der Waals surface area contributed by atoms with Crippen molar-refractivity contribution in [2.45, 2.75) is 25.1 Å². The molecule has 3 nitrogen and oxygen atoms in total. The minimum absolute atomic E-state index is 0.122. The molecule has 2 N–H and O–H groups in total. The summed E-state index contributed by atoms with van der Waals surface area (Å²) in [5.74, 6) is 0.122. The van der Waals surface area contributed by atoms with Crippen LogP contribution in [0.2, 0.25) is 0 Å². The Morgan fingerprint density at radius 2 is 2.45 bits per heavy atom. The minimum atomic E-state index is -0.657. The number of nitrogens with zero attached hydrogens (tertiary/aromatic N) is 1. The van der Waals surface area contributed by atoms with E-state index in [1.165, 1.54) is 6.26 Å². The molecule has 0 aromatic carbocycles. The predicted molar refractivity (Wildman–Crippen MR) is 36.4 cm³/mol. The quantitative estimate of drug-likeness (QED) is 0.697. The Kier molecular flexibility index (Phi) is 1.26. The van der Waals surface area contributed by atoms with Crippen LogP contribution in [-0.4, -0.2) is 4.98 Å². The Balaban J connectivity index is 2.25. The van der Waals surface area contributed by atoms with Crippen LogP contribution in [0.1, 0.15) is 24.4 Å². The average Bonchev–Trinajstić information content (AvgIpc) is 2.61. The van der Waals surface area contributed by atoms with Crippen molar-refractivity contribution in [1.29, 1.82) is 0 Å². The molecule has 60 valence electrons. The molecular formula is C7H9FN2O. The molecule has 0 atom stereocenters. The molecule has 0 amide bonds. The monoisotopic (exact) mass is 156 g/mol. The lowest BCUT2D eigenvalue weighted by Crippen LogP contribution is -2.18. The predicted octanol–water partition coefficient (Wildman–Crippen LogP) is 1.09. The van der Waals surface area contributed by atoms with E-state index in [0.29, 0.717) is 5.69 Å². The molecule has 1 aliphatic rings. The van der Waals surface area contributed by atoms with Crippen molar-refractivity contribution < 1.29 is 8.81 Å². The van der Waals surface area contributed by atoms with Crippen LogP contribution in [0.4, 0.5) is 4.39 Å². The first-order valence-corrected chi connectivity index (χ1v) is 3.54. The van der Waals surface area contributed by atoms with E-state index in [2.05, 4.69) is 4.98 Å². The summed E-state index contributed by atoms with van der Waals surface area (Å²) >= 11 is 0. The smallest absolute Gasteiger partial charge is 0.225 e. The third-order valence-electron chi connectivity index (χ3n) is 1.96. The maximum atomic E-state index is 12.0. The summed E-state index contributed by atoms with van der Waals surface area (Å²) in [6, 6.07) is 0. The second kappa shape index (κ2) is 2.04. The van der Waals surface area contributed by atoms with Gasteiger partial charge in [-0.3, -0.25) is 0 Å². The van der Waals surface area contributed by atoms with Gasteiger partial charge in [0.05, 0.1) is 11.2 Å². The van der Waals surface area contributed by atoms with Gasteiger partial charge in [0.2, 0.25) is 5.89 Å². The lowest BCUT2D eigenvalue weighted by molar-refractivity contribution is 0.380. The van der Waals surface area contributed by atoms with Crippen LogP contribution >= 0.6 is 0 Å². The van der Waals surface area contributed by atoms with Crippen LogP contribution in [0, 0.1) is 0 Å². The van der Waals surface area contributed by atoms with Gasteiger partial charge in [-0.15, -0.1) is 0 Å². The van der Waals surface area contributed by atoms with E-state index in [9.17, 15) is 4.39 Å². The van der Waals surface area contributed by atoms with Crippen LogP contribution < -0.4 is 5.73 Å². The molecule has 0 aliphatic heterocycles. The van der Waals surface area contributed by atoms with Gasteiger partial charge in [-0.05, 0) is 12.8 Å². The van der Waals surface area contributed by atoms with Crippen molar-refractivity contribution >= 4 is 0 Å². The third kappa shape index (κ3) is 1.03. The summed E-state index contributed by atoms with van der Waals surface area (Å²) in [5.41, 5.74) is 6.17. The number of hydrogen-bond acceptors (Lipinski definition) is 3. The molecule has 0 unspecified atom stereocenters. The summed E-state index contributed by atoms with van der Waals surface area (Å²) < 4.78 is 16.8. The van der Waals surface area contributed by atoms with Crippen LogP contribution in [0.15, 0.2) is 10.7 Å². The maximum Gasteiger partial charge on any atom is 0.225 e. The van der Waals surface area contributed by atoms with Crippen molar-refractivity contribution in [3.8, 4) is 0 Å². The Labute approximate surface area is 63.4 Å². The van der Waals surface area contributed by atoms with Crippen molar-refractivity contribution in [3.63, 3.8) is 0 Å². The molecule has 1 heterocycles. The molecule has 1 aromatic rings. The summed E-state index contributed by atoms with van der Waals surface area (Å²) in [6.45, 7) is -0.657. The van der Waals surface area contributed by atoms with Crippen molar-refractivity contribution in [2.24, 2.45) is 5.73 Å². The summed E-state index contributed by atoms with van der Waals surface area (Å²) in [6.07, 6.45) is 3.29. The third-order valence-corrected chi connectivity index (χ3v) is 1.96. The highest BCUT2D eigenvalue weighted by Crippen LogP contribution is 2.41. The van der Waals surface area contributed by atoms with Crippen molar-refractivity contribution in [3.05, 3.63) is 17.8 Å².